The Kier molecular flexibility index (Phi) is 7.98. The van der Waals surface area contributed by atoms with Crippen LogP contribution in [0, 0.1) is 0 Å². The van der Waals surface area contributed by atoms with E-state index in [1.54, 1.807) is 0 Å². The molecule has 6 heteroatoms. The maximum absolute atomic E-state index is 11.6. The van der Waals surface area contributed by atoms with Gasteiger partial charge in [-0.1, -0.05) is 12.1 Å². The van der Waals surface area contributed by atoms with Crippen LogP contribution in [-0.4, -0.2) is 37.1 Å². The fourth-order valence-electron chi connectivity index (χ4n) is 2.10. The van der Waals surface area contributed by atoms with Gasteiger partial charge in [0.2, 0.25) is 0 Å². The maximum atomic E-state index is 11.6. The van der Waals surface area contributed by atoms with Crippen LogP contribution in [0.3, 0.4) is 0 Å². The van der Waals surface area contributed by atoms with Crippen LogP contribution in [0.1, 0.15) is 29.4 Å². The summed E-state index contributed by atoms with van der Waals surface area (Å²) in [6.07, 6.45) is 3.14. The van der Waals surface area contributed by atoms with Crippen molar-refractivity contribution in [3.63, 3.8) is 0 Å². The molecule has 0 radical (unpaired) electrons. The number of hydrogen-bond donors (Lipinski definition) is 2. The SMILES string of the molecule is NCCCCNC(=O)COc1ccc(C2SCCCS2)cc1. The summed E-state index contributed by atoms with van der Waals surface area (Å²) in [7, 11) is 0. The van der Waals surface area contributed by atoms with E-state index in [1.807, 2.05) is 35.7 Å². The fourth-order valence-corrected chi connectivity index (χ4v) is 4.99. The van der Waals surface area contributed by atoms with E-state index in [0.717, 1.165) is 18.6 Å². The van der Waals surface area contributed by atoms with Gasteiger partial charge in [-0.15, -0.1) is 23.5 Å². The summed E-state index contributed by atoms with van der Waals surface area (Å²) in [5, 5.41) is 2.82. The first-order chi connectivity index (χ1) is 10.8. The quantitative estimate of drug-likeness (QED) is 0.713. The summed E-state index contributed by atoms with van der Waals surface area (Å²) in [4.78, 5) is 11.6. The average Bonchev–Trinajstić information content (AvgIpc) is 2.58. The van der Waals surface area contributed by atoms with Crippen LogP contribution in [0.5, 0.6) is 5.75 Å². The molecule has 0 aliphatic carbocycles. The Labute approximate surface area is 140 Å². The molecule has 0 spiro atoms. The lowest BCUT2D eigenvalue weighted by atomic mass is 10.2. The van der Waals surface area contributed by atoms with Crippen molar-refractivity contribution in [2.75, 3.05) is 31.2 Å². The molecule has 22 heavy (non-hydrogen) atoms. The third-order valence-corrected chi connectivity index (χ3v) is 6.32. The lowest BCUT2D eigenvalue weighted by Crippen LogP contribution is -2.29. The number of benzene rings is 1. The van der Waals surface area contributed by atoms with Gasteiger partial charge in [0, 0.05) is 6.54 Å². The number of nitrogens with one attached hydrogen (secondary N) is 1. The molecule has 1 heterocycles. The van der Waals surface area contributed by atoms with Gasteiger partial charge in [0.15, 0.2) is 6.61 Å². The van der Waals surface area contributed by atoms with Crippen molar-refractivity contribution in [2.24, 2.45) is 5.73 Å². The van der Waals surface area contributed by atoms with Crippen molar-refractivity contribution < 1.29 is 9.53 Å². The zero-order chi connectivity index (χ0) is 15.6. The summed E-state index contributed by atoms with van der Waals surface area (Å²) in [6, 6.07) is 8.11. The molecule has 4 nitrogen and oxygen atoms in total. The van der Waals surface area contributed by atoms with E-state index in [-0.39, 0.29) is 12.5 Å². The van der Waals surface area contributed by atoms with E-state index in [2.05, 4.69) is 17.4 Å². The minimum Gasteiger partial charge on any atom is -0.484 e. The molecule has 3 N–H and O–H groups in total. The molecule has 1 aromatic rings. The first-order valence-corrected chi connectivity index (χ1v) is 9.82. The van der Waals surface area contributed by atoms with Gasteiger partial charge in [-0.3, -0.25) is 4.79 Å². The van der Waals surface area contributed by atoms with Crippen LogP contribution in [0.25, 0.3) is 0 Å². The number of carbonyl (C=O) groups is 1. The van der Waals surface area contributed by atoms with Gasteiger partial charge >= 0.3 is 0 Å². The van der Waals surface area contributed by atoms with Crippen LogP contribution in [-0.2, 0) is 4.79 Å². The second-order valence-corrected chi connectivity index (χ2v) is 7.85. The van der Waals surface area contributed by atoms with Gasteiger partial charge in [0.25, 0.3) is 5.91 Å². The van der Waals surface area contributed by atoms with E-state index < -0.39 is 0 Å². The predicted molar refractivity (Wildman–Crippen MR) is 95.5 cm³/mol. The number of nitrogens with two attached hydrogens (primary N) is 1. The third-order valence-electron chi connectivity index (χ3n) is 3.30. The molecule has 1 amide bonds. The zero-order valence-corrected chi connectivity index (χ0v) is 14.4. The van der Waals surface area contributed by atoms with Gasteiger partial charge < -0.3 is 15.8 Å². The van der Waals surface area contributed by atoms with Gasteiger partial charge in [-0.2, -0.15) is 0 Å². The Hall–Kier alpha value is -0.850. The second kappa shape index (κ2) is 10.0. The van der Waals surface area contributed by atoms with Gasteiger partial charge in [-0.05, 0) is 55.0 Å². The second-order valence-electron chi connectivity index (χ2n) is 5.13. The minimum atomic E-state index is -0.0838. The summed E-state index contributed by atoms with van der Waals surface area (Å²) in [5.74, 6) is 3.13. The summed E-state index contributed by atoms with van der Waals surface area (Å²) in [5.41, 5.74) is 6.73. The van der Waals surface area contributed by atoms with Crippen LogP contribution >= 0.6 is 23.5 Å². The number of carbonyl (C=O) groups excluding carboxylic acids is 1. The number of thioether (sulfide) groups is 2. The standard InChI is InChI=1S/C16H24N2O2S2/c17-8-1-2-9-18-15(19)12-20-14-6-4-13(5-7-14)16-21-10-3-11-22-16/h4-7,16H,1-3,8-12,17H2,(H,18,19). The molecule has 0 saturated carbocycles. The Balaban J connectivity index is 1.70. The highest BCUT2D eigenvalue weighted by atomic mass is 32.2. The Morgan fingerprint density at radius 2 is 1.95 bits per heavy atom. The van der Waals surface area contributed by atoms with Gasteiger partial charge in [0.05, 0.1) is 4.58 Å². The topological polar surface area (TPSA) is 64.3 Å². The highest BCUT2D eigenvalue weighted by molar-refractivity contribution is 8.16. The normalized spacial score (nSPS) is 15.5. The van der Waals surface area contributed by atoms with Gasteiger partial charge in [0.1, 0.15) is 5.75 Å². The molecule has 1 aromatic carbocycles. The molecular formula is C16H24N2O2S2. The Morgan fingerprint density at radius 3 is 2.64 bits per heavy atom. The minimum absolute atomic E-state index is 0.0644. The lowest BCUT2D eigenvalue weighted by Gasteiger charge is -2.21. The predicted octanol–water partition coefficient (Wildman–Crippen LogP) is 2.79. The van der Waals surface area contributed by atoms with Gasteiger partial charge in [-0.25, -0.2) is 0 Å². The first-order valence-electron chi connectivity index (χ1n) is 7.72. The first kappa shape index (κ1) is 17.5. The molecule has 1 aliphatic heterocycles. The summed E-state index contributed by atoms with van der Waals surface area (Å²) in [6.45, 7) is 1.39. The Morgan fingerprint density at radius 1 is 1.23 bits per heavy atom. The largest absolute Gasteiger partial charge is 0.484 e. The highest BCUT2D eigenvalue weighted by Gasteiger charge is 2.16. The van der Waals surface area contributed by atoms with Crippen molar-refractivity contribution in [1.82, 2.24) is 5.32 Å². The van der Waals surface area contributed by atoms with E-state index in [9.17, 15) is 4.79 Å². The number of amides is 1. The molecule has 0 bridgehead atoms. The van der Waals surface area contributed by atoms with E-state index >= 15 is 0 Å². The average molecular weight is 341 g/mol. The molecule has 0 unspecified atom stereocenters. The van der Waals surface area contributed by atoms with Crippen molar-refractivity contribution >= 4 is 29.4 Å². The molecule has 1 fully saturated rings. The Bertz CT molecular complexity index is 448. The van der Waals surface area contributed by atoms with Crippen LogP contribution in [0.4, 0.5) is 0 Å². The molecule has 122 valence electrons. The molecule has 0 atom stereocenters. The fraction of sp³-hybridized carbons (Fsp3) is 0.562. The highest BCUT2D eigenvalue weighted by Crippen LogP contribution is 2.43. The maximum Gasteiger partial charge on any atom is 0.257 e. The molecule has 1 aliphatic rings. The number of ether oxygens (including phenoxy) is 1. The molecule has 0 aromatic heterocycles. The summed E-state index contributed by atoms with van der Waals surface area (Å²) >= 11 is 4.01. The number of hydrogen-bond acceptors (Lipinski definition) is 5. The van der Waals surface area contributed by atoms with Crippen molar-refractivity contribution in [2.45, 2.75) is 23.8 Å². The summed E-state index contributed by atoms with van der Waals surface area (Å²) < 4.78 is 6.05. The smallest absolute Gasteiger partial charge is 0.257 e. The third kappa shape index (κ3) is 6.10. The van der Waals surface area contributed by atoms with Crippen molar-refractivity contribution in [3.05, 3.63) is 29.8 Å². The van der Waals surface area contributed by atoms with E-state index in [1.165, 1.54) is 23.5 Å². The van der Waals surface area contributed by atoms with Crippen molar-refractivity contribution in [1.29, 1.82) is 0 Å². The van der Waals surface area contributed by atoms with Crippen LogP contribution in [0.2, 0.25) is 0 Å². The lowest BCUT2D eigenvalue weighted by molar-refractivity contribution is -0.123. The number of unbranched alkanes of at least 4 members (excludes halogenated alkanes) is 1. The molecular weight excluding hydrogens is 316 g/mol. The van der Waals surface area contributed by atoms with Crippen LogP contribution < -0.4 is 15.8 Å². The van der Waals surface area contributed by atoms with E-state index in [4.69, 9.17) is 10.5 Å². The molecule has 1 saturated heterocycles. The van der Waals surface area contributed by atoms with Crippen LogP contribution in [0.15, 0.2) is 24.3 Å². The van der Waals surface area contributed by atoms with E-state index in [0.29, 0.717) is 17.7 Å². The zero-order valence-electron chi connectivity index (χ0n) is 12.8. The molecule has 2 rings (SSSR count). The number of rotatable bonds is 8. The van der Waals surface area contributed by atoms with Crippen molar-refractivity contribution in [3.8, 4) is 5.75 Å². The monoisotopic (exact) mass is 340 g/mol.